The van der Waals surface area contributed by atoms with Crippen molar-refractivity contribution in [3.05, 3.63) is 64.3 Å². The Morgan fingerprint density at radius 2 is 1.89 bits per heavy atom. The Morgan fingerprint density at radius 3 is 2.57 bits per heavy atom. The lowest BCUT2D eigenvalue weighted by molar-refractivity contribution is -0.113. The molecule has 0 unspecified atom stereocenters. The summed E-state index contributed by atoms with van der Waals surface area (Å²) in [4.78, 5) is 13.2. The molecular weight excluding hydrogens is 398 g/mol. The Labute approximate surface area is 173 Å². The fourth-order valence-corrected chi connectivity index (χ4v) is 3.57. The number of thiocarbonyl (C=S) groups is 1. The molecule has 0 bridgehead atoms. The summed E-state index contributed by atoms with van der Waals surface area (Å²) in [6.45, 7) is 1.80. The van der Waals surface area contributed by atoms with Gasteiger partial charge in [-0.15, -0.1) is 0 Å². The Hall–Kier alpha value is -2.77. The first-order valence-corrected chi connectivity index (χ1v) is 9.30. The number of anilines is 1. The van der Waals surface area contributed by atoms with E-state index in [4.69, 9.17) is 33.3 Å². The third kappa shape index (κ3) is 3.90. The molecule has 0 spiro atoms. The van der Waals surface area contributed by atoms with Gasteiger partial charge in [-0.3, -0.25) is 4.79 Å². The van der Waals surface area contributed by atoms with E-state index in [1.54, 1.807) is 51.5 Å². The Bertz CT molecular complexity index is 961. The first kappa shape index (κ1) is 20.0. The number of carbonyl (C=O) groups excluding carboxylic acids is 1. The largest absolute Gasteiger partial charge is 0.493 e. The molecule has 0 saturated carbocycles. The minimum absolute atomic E-state index is 0.303. The number of carbonyl (C=O) groups is 1. The first-order valence-electron chi connectivity index (χ1n) is 8.51. The molecule has 8 heteroatoms. The van der Waals surface area contributed by atoms with Gasteiger partial charge in [-0.2, -0.15) is 0 Å². The number of benzene rings is 2. The molecule has 3 N–H and O–H groups in total. The Balaban J connectivity index is 2.05. The molecule has 0 fully saturated rings. The van der Waals surface area contributed by atoms with Crippen molar-refractivity contribution in [2.45, 2.75) is 13.0 Å². The van der Waals surface area contributed by atoms with Gasteiger partial charge in [0.25, 0.3) is 5.91 Å². The van der Waals surface area contributed by atoms with Gasteiger partial charge in [0.2, 0.25) is 0 Å². The van der Waals surface area contributed by atoms with Gasteiger partial charge in [-0.05, 0) is 37.3 Å². The van der Waals surface area contributed by atoms with E-state index in [1.807, 2.05) is 12.1 Å². The van der Waals surface area contributed by atoms with Crippen molar-refractivity contribution in [1.82, 2.24) is 10.6 Å². The van der Waals surface area contributed by atoms with Crippen LogP contribution in [0.15, 0.2) is 53.7 Å². The molecule has 2 aromatic rings. The predicted octanol–water partition coefficient (Wildman–Crippen LogP) is 3.79. The van der Waals surface area contributed by atoms with Crippen molar-refractivity contribution in [2.75, 3.05) is 19.5 Å². The zero-order valence-corrected chi connectivity index (χ0v) is 17.2. The summed E-state index contributed by atoms with van der Waals surface area (Å²) < 4.78 is 10.9. The molecule has 0 aromatic heterocycles. The molecule has 28 heavy (non-hydrogen) atoms. The van der Waals surface area contributed by atoms with Crippen LogP contribution in [0.2, 0.25) is 5.02 Å². The van der Waals surface area contributed by atoms with Gasteiger partial charge in [-0.25, -0.2) is 0 Å². The highest BCUT2D eigenvalue weighted by Gasteiger charge is 2.32. The molecule has 1 aliphatic heterocycles. The third-order valence-corrected chi connectivity index (χ3v) is 4.93. The number of hydrogen-bond acceptors (Lipinski definition) is 4. The van der Waals surface area contributed by atoms with Gasteiger partial charge in [0, 0.05) is 11.3 Å². The standard InChI is InChI=1S/C20H20ClN3O3S/c1-11-16(19(25)23-14-9-5-4-8-13(14)21)17(24-20(28)22-11)12-7-6-10-15(26-2)18(12)27-3/h4-10,17H,1-3H3,(H,23,25)(H2,22,24,28)/t17-/m1/s1. The molecule has 146 valence electrons. The Kier molecular flexibility index (Phi) is 6.06. The van der Waals surface area contributed by atoms with E-state index in [0.29, 0.717) is 38.6 Å². The number of methoxy groups -OCH3 is 2. The van der Waals surface area contributed by atoms with Crippen molar-refractivity contribution in [2.24, 2.45) is 0 Å². The van der Waals surface area contributed by atoms with Crippen LogP contribution >= 0.6 is 23.8 Å². The van der Waals surface area contributed by atoms with E-state index >= 15 is 0 Å². The van der Waals surface area contributed by atoms with Crippen molar-refractivity contribution < 1.29 is 14.3 Å². The fraction of sp³-hybridized carbons (Fsp3) is 0.200. The smallest absolute Gasteiger partial charge is 0.255 e. The van der Waals surface area contributed by atoms with Crippen molar-refractivity contribution in [3.8, 4) is 11.5 Å². The van der Waals surface area contributed by atoms with Gasteiger partial charge in [0.1, 0.15) is 0 Å². The van der Waals surface area contributed by atoms with Gasteiger partial charge >= 0.3 is 0 Å². The number of rotatable bonds is 5. The van der Waals surface area contributed by atoms with Gasteiger partial charge in [-0.1, -0.05) is 35.9 Å². The number of hydrogen-bond donors (Lipinski definition) is 3. The number of halogens is 1. The molecule has 0 saturated heterocycles. The maximum atomic E-state index is 13.2. The summed E-state index contributed by atoms with van der Waals surface area (Å²) >= 11 is 11.5. The molecule has 6 nitrogen and oxygen atoms in total. The molecule has 2 aromatic carbocycles. The maximum Gasteiger partial charge on any atom is 0.255 e. The van der Waals surface area contributed by atoms with Gasteiger partial charge in [0.15, 0.2) is 16.6 Å². The van der Waals surface area contributed by atoms with Crippen LogP contribution in [-0.2, 0) is 4.79 Å². The van der Waals surface area contributed by atoms with E-state index in [0.717, 1.165) is 5.56 Å². The molecule has 0 radical (unpaired) electrons. The highest BCUT2D eigenvalue weighted by Crippen LogP contribution is 2.39. The second-order valence-electron chi connectivity index (χ2n) is 6.09. The first-order chi connectivity index (χ1) is 13.5. The summed E-state index contributed by atoms with van der Waals surface area (Å²) in [5, 5.41) is 9.90. The van der Waals surface area contributed by atoms with E-state index in [9.17, 15) is 4.79 Å². The highest BCUT2D eigenvalue weighted by atomic mass is 35.5. The van der Waals surface area contributed by atoms with Crippen LogP contribution in [0.3, 0.4) is 0 Å². The van der Waals surface area contributed by atoms with Crippen LogP contribution in [0.5, 0.6) is 11.5 Å². The van der Waals surface area contributed by atoms with E-state index < -0.39 is 6.04 Å². The molecule has 1 amide bonds. The van der Waals surface area contributed by atoms with Crippen LogP contribution in [0.25, 0.3) is 0 Å². The number of allylic oxidation sites excluding steroid dienone is 1. The molecule has 3 rings (SSSR count). The van der Waals surface area contributed by atoms with Crippen molar-refractivity contribution in [3.63, 3.8) is 0 Å². The average molecular weight is 418 g/mol. The summed E-state index contributed by atoms with van der Waals surface area (Å²) in [5.41, 5.74) is 2.37. The molecule has 0 aliphatic carbocycles. The van der Waals surface area contributed by atoms with Crippen LogP contribution in [0.1, 0.15) is 18.5 Å². The van der Waals surface area contributed by atoms with Crippen LogP contribution < -0.4 is 25.4 Å². The number of ether oxygens (including phenoxy) is 2. The zero-order valence-electron chi connectivity index (χ0n) is 15.6. The summed E-state index contributed by atoms with van der Waals surface area (Å²) in [7, 11) is 3.12. The topological polar surface area (TPSA) is 71.6 Å². The minimum Gasteiger partial charge on any atom is -0.493 e. The normalized spacial score (nSPS) is 16.1. The lowest BCUT2D eigenvalue weighted by Crippen LogP contribution is -2.45. The van der Waals surface area contributed by atoms with Crippen molar-refractivity contribution >= 4 is 40.5 Å². The van der Waals surface area contributed by atoms with Crippen LogP contribution in [0, 0.1) is 0 Å². The molecule has 1 aliphatic rings. The van der Waals surface area contributed by atoms with Gasteiger partial charge < -0.3 is 25.4 Å². The monoisotopic (exact) mass is 417 g/mol. The Morgan fingerprint density at radius 1 is 1.14 bits per heavy atom. The molecule has 1 heterocycles. The summed E-state index contributed by atoms with van der Waals surface area (Å²) in [6, 6.07) is 12.0. The second-order valence-corrected chi connectivity index (χ2v) is 6.90. The molecule has 1 atom stereocenters. The van der Waals surface area contributed by atoms with E-state index in [-0.39, 0.29) is 5.91 Å². The van der Waals surface area contributed by atoms with E-state index in [2.05, 4.69) is 16.0 Å². The summed E-state index contributed by atoms with van der Waals surface area (Å²) in [6.07, 6.45) is 0. The lowest BCUT2D eigenvalue weighted by Gasteiger charge is -2.31. The third-order valence-electron chi connectivity index (χ3n) is 4.38. The number of nitrogens with one attached hydrogen (secondary N) is 3. The number of amides is 1. The SMILES string of the molecule is COc1cccc([C@H]2NC(=S)NC(C)=C2C(=O)Nc2ccccc2Cl)c1OC. The van der Waals surface area contributed by atoms with E-state index in [1.165, 1.54) is 0 Å². The second kappa shape index (κ2) is 8.50. The van der Waals surface area contributed by atoms with Crippen LogP contribution in [0.4, 0.5) is 5.69 Å². The molecular formula is C20H20ClN3O3S. The fourth-order valence-electron chi connectivity index (χ4n) is 3.12. The quantitative estimate of drug-likeness (QED) is 0.643. The van der Waals surface area contributed by atoms with Crippen molar-refractivity contribution in [1.29, 1.82) is 0 Å². The van der Waals surface area contributed by atoms with Gasteiger partial charge in [0.05, 0.1) is 36.5 Å². The average Bonchev–Trinajstić information content (AvgIpc) is 2.68. The predicted molar refractivity (Wildman–Crippen MR) is 114 cm³/mol. The zero-order chi connectivity index (χ0) is 20.3. The maximum absolute atomic E-state index is 13.2. The minimum atomic E-state index is -0.527. The lowest BCUT2D eigenvalue weighted by atomic mass is 9.93. The van der Waals surface area contributed by atoms with Crippen LogP contribution in [-0.4, -0.2) is 25.2 Å². The number of para-hydroxylation sites is 2. The summed E-state index contributed by atoms with van der Waals surface area (Å²) in [5.74, 6) is 0.792. The highest BCUT2D eigenvalue weighted by molar-refractivity contribution is 7.80.